The smallest absolute Gasteiger partial charge is 0.233 e. The maximum atomic E-state index is 14.2. The van der Waals surface area contributed by atoms with E-state index in [1.807, 2.05) is 73.6 Å². The van der Waals surface area contributed by atoms with Crippen molar-refractivity contribution in [2.24, 2.45) is 5.92 Å². The predicted octanol–water partition coefficient (Wildman–Crippen LogP) is 7.03. The van der Waals surface area contributed by atoms with Gasteiger partial charge in [0.1, 0.15) is 0 Å². The topological polar surface area (TPSA) is 43.9 Å². The Morgan fingerprint density at radius 1 is 0.854 bits per heavy atom. The molecule has 1 saturated heterocycles. The van der Waals surface area contributed by atoms with Gasteiger partial charge in [-0.05, 0) is 60.1 Å². The third kappa shape index (κ3) is 5.75. The van der Waals surface area contributed by atoms with Gasteiger partial charge in [-0.3, -0.25) is 9.59 Å². The highest BCUT2D eigenvalue weighted by Gasteiger charge is 2.62. The molecule has 3 aromatic rings. The predicted molar refractivity (Wildman–Crippen MR) is 166 cm³/mol. The third-order valence-corrected chi connectivity index (χ3v) is 10.3. The average Bonchev–Trinajstić information content (AvgIpc) is 3.70. The molecular weight excluding hydrogens is 577 g/mol. The number of hydrogen-bond donors (Lipinski definition) is 0. The molecule has 0 radical (unpaired) electrons. The summed E-state index contributed by atoms with van der Waals surface area (Å²) < 4.78 is 0. The first-order valence-electron chi connectivity index (χ1n) is 14.1. The molecular formula is C33H36Cl3N3O2. The number of rotatable bonds is 8. The molecule has 1 saturated carbocycles. The van der Waals surface area contributed by atoms with Gasteiger partial charge in [0.25, 0.3) is 0 Å². The quantitative estimate of drug-likeness (QED) is 0.274. The Labute approximate surface area is 258 Å². The molecule has 1 aliphatic carbocycles. The van der Waals surface area contributed by atoms with Crippen LogP contribution in [0.4, 0.5) is 0 Å². The molecule has 5 rings (SSSR count). The molecule has 0 bridgehead atoms. The lowest BCUT2D eigenvalue weighted by atomic mass is 9.79. The fraction of sp³-hybridized carbons (Fsp3) is 0.394. The molecule has 3 aromatic carbocycles. The summed E-state index contributed by atoms with van der Waals surface area (Å²) in [6.07, 6.45) is 2.41. The molecule has 1 heterocycles. The Morgan fingerprint density at radius 2 is 1.51 bits per heavy atom. The van der Waals surface area contributed by atoms with Crippen molar-refractivity contribution in [3.05, 3.63) is 105 Å². The summed E-state index contributed by atoms with van der Waals surface area (Å²) >= 11 is 19.1. The van der Waals surface area contributed by atoms with Crippen LogP contribution in [0, 0.1) is 5.92 Å². The van der Waals surface area contributed by atoms with Gasteiger partial charge in [-0.15, -0.1) is 0 Å². The first kappa shape index (κ1) is 29.9. The van der Waals surface area contributed by atoms with Crippen molar-refractivity contribution in [3.8, 4) is 0 Å². The largest absolute Gasteiger partial charge is 0.341 e. The zero-order valence-corrected chi connectivity index (χ0v) is 26.0. The second kappa shape index (κ2) is 12.0. The molecule has 0 aromatic heterocycles. The van der Waals surface area contributed by atoms with Gasteiger partial charge < -0.3 is 14.7 Å². The van der Waals surface area contributed by atoms with Crippen molar-refractivity contribution in [1.29, 1.82) is 0 Å². The molecule has 2 atom stereocenters. The van der Waals surface area contributed by atoms with E-state index in [1.54, 1.807) is 17.9 Å². The number of hydrogen-bond acceptors (Lipinski definition) is 3. The Kier molecular flexibility index (Phi) is 8.73. The summed E-state index contributed by atoms with van der Waals surface area (Å²) in [6, 6.07) is 23.5. The van der Waals surface area contributed by atoms with Crippen LogP contribution in [-0.4, -0.2) is 60.2 Å². The summed E-state index contributed by atoms with van der Waals surface area (Å²) in [5, 5.41) is 1.57. The standard InChI is InChI=1S/C33H36Cl3N3O2/c1-23(40)38(3)32(25-10-5-4-6-11-25)15-17-39(18-16-32)22-27-20-33(27,26-13-14-29(35)30(36)19-26)31(41)37(2)21-24-9-7-8-12-28(24)34/h4-14,19,27H,15-18,20-22H2,1-3H3. The van der Waals surface area contributed by atoms with E-state index >= 15 is 0 Å². The molecule has 8 heteroatoms. The number of halogens is 3. The summed E-state index contributed by atoms with van der Waals surface area (Å²) in [4.78, 5) is 32.8. The van der Waals surface area contributed by atoms with E-state index in [-0.39, 0.29) is 23.3 Å². The van der Waals surface area contributed by atoms with E-state index in [0.29, 0.717) is 21.6 Å². The van der Waals surface area contributed by atoms with E-state index < -0.39 is 5.41 Å². The minimum atomic E-state index is -0.672. The minimum Gasteiger partial charge on any atom is -0.341 e. The van der Waals surface area contributed by atoms with Crippen LogP contribution >= 0.6 is 34.8 Å². The SMILES string of the molecule is CC(=O)N(C)C1(c2ccccc2)CCN(CC2CC2(C(=O)N(C)Cc2ccccc2Cl)c2ccc(Cl)c(Cl)c2)CC1. The fourth-order valence-corrected chi connectivity index (χ4v) is 7.14. The molecule has 0 spiro atoms. The van der Waals surface area contributed by atoms with Crippen molar-refractivity contribution < 1.29 is 9.59 Å². The van der Waals surface area contributed by atoms with Crippen molar-refractivity contribution in [3.63, 3.8) is 0 Å². The average molecular weight is 613 g/mol. The zero-order valence-electron chi connectivity index (χ0n) is 23.7. The van der Waals surface area contributed by atoms with Crippen LogP contribution in [0.5, 0.6) is 0 Å². The van der Waals surface area contributed by atoms with Gasteiger partial charge in [0, 0.05) is 52.2 Å². The number of carbonyl (C=O) groups is 2. The normalized spacial score (nSPS) is 21.8. The summed E-state index contributed by atoms with van der Waals surface area (Å²) in [5.41, 5.74) is 1.98. The fourth-order valence-electron chi connectivity index (χ4n) is 6.64. The summed E-state index contributed by atoms with van der Waals surface area (Å²) in [6.45, 7) is 4.53. The van der Waals surface area contributed by atoms with Gasteiger partial charge in [-0.2, -0.15) is 0 Å². The molecule has 2 unspecified atom stereocenters. The van der Waals surface area contributed by atoms with Crippen LogP contribution in [0.3, 0.4) is 0 Å². The molecule has 2 aliphatic rings. The second-order valence-electron chi connectivity index (χ2n) is 11.5. The van der Waals surface area contributed by atoms with Crippen LogP contribution in [-0.2, 0) is 27.1 Å². The lowest BCUT2D eigenvalue weighted by molar-refractivity contribution is -0.136. The van der Waals surface area contributed by atoms with Gasteiger partial charge in [-0.25, -0.2) is 0 Å². The second-order valence-corrected chi connectivity index (χ2v) is 12.8. The number of likely N-dealkylation sites (tertiary alicyclic amines) is 1. The van der Waals surface area contributed by atoms with Crippen molar-refractivity contribution in [2.45, 2.75) is 43.7 Å². The summed E-state index contributed by atoms with van der Waals surface area (Å²) in [5.74, 6) is 0.263. The first-order chi connectivity index (χ1) is 19.6. The molecule has 0 N–H and O–H groups in total. The molecule has 5 nitrogen and oxygen atoms in total. The monoisotopic (exact) mass is 611 g/mol. The van der Waals surface area contributed by atoms with Crippen LogP contribution in [0.2, 0.25) is 15.1 Å². The Bertz CT molecular complexity index is 1420. The number of nitrogens with zero attached hydrogens (tertiary/aromatic N) is 3. The molecule has 2 fully saturated rings. The van der Waals surface area contributed by atoms with Crippen molar-refractivity contribution in [2.75, 3.05) is 33.7 Å². The maximum absolute atomic E-state index is 14.2. The Balaban J connectivity index is 1.36. The maximum Gasteiger partial charge on any atom is 0.233 e. The Morgan fingerprint density at radius 3 is 2.15 bits per heavy atom. The number of amides is 2. The molecule has 216 valence electrons. The highest BCUT2D eigenvalue weighted by Crippen LogP contribution is 2.57. The highest BCUT2D eigenvalue weighted by molar-refractivity contribution is 6.42. The molecule has 2 amide bonds. The van der Waals surface area contributed by atoms with E-state index in [0.717, 1.165) is 50.0 Å². The Hall–Kier alpha value is -2.57. The number of likely N-dealkylation sites (N-methyl/N-ethyl adjacent to an activating group) is 1. The number of benzene rings is 3. The van der Waals surface area contributed by atoms with Crippen LogP contribution in [0.25, 0.3) is 0 Å². The van der Waals surface area contributed by atoms with E-state index in [1.165, 1.54) is 5.56 Å². The number of carbonyl (C=O) groups excluding carboxylic acids is 2. The first-order valence-corrected chi connectivity index (χ1v) is 15.2. The molecule has 1 aliphatic heterocycles. The van der Waals surface area contributed by atoms with Crippen LogP contribution in [0.1, 0.15) is 42.9 Å². The van der Waals surface area contributed by atoms with Crippen molar-refractivity contribution >= 4 is 46.6 Å². The van der Waals surface area contributed by atoms with Crippen LogP contribution < -0.4 is 0 Å². The number of piperidine rings is 1. The van der Waals surface area contributed by atoms with E-state index in [9.17, 15) is 9.59 Å². The van der Waals surface area contributed by atoms with Gasteiger partial charge in [0.05, 0.1) is 21.0 Å². The van der Waals surface area contributed by atoms with Crippen LogP contribution in [0.15, 0.2) is 72.8 Å². The van der Waals surface area contributed by atoms with Gasteiger partial charge in [0.15, 0.2) is 0 Å². The van der Waals surface area contributed by atoms with E-state index in [4.69, 9.17) is 34.8 Å². The zero-order chi connectivity index (χ0) is 29.4. The molecule has 41 heavy (non-hydrogen) atoms. The minimum absolute atomic E-state index is 0.0627. The highest BCUT2D eigenvalue weighted by atomic mass is 35.5. The lowest BCUT2D eigenvalue weighted by Gasteiger charge is -2.48. The summed E-state index contributed by atoms with van der Waals surface area (Å²) in [7, 11) is 3.75. The van der Waals surface area contributed by atoms with Gasteiger partial charge in [-0.1, -0.05) is 89.4 Å². The van der Waals surface area contributed by atoms with E-state index in [2.05, 4.69) is 17.0 Å². The third-order valence-electron chi connectivity index (χ3n) is 9.22. The van der Waals surface area contributed by atoms with Gasteiger partial charge >= 0.3 is 0 Å². The van der Waals surface area contributed by atoms with Gasteiger partial charge in [0.2, 0.25) is 11.8 Å². The lowest BCUT2D eigenvalue weighted by Crippen LogP contribution is -2.53. The van der Waals surface area contributed by atoms with Crippen molar-refractivity contribution in [1.82, 2.24) is 14.7 Å².